The summed E-state index contributed by atoms with van der Waals surface area (Å²) in [4.78, 5) is 2.03. The van der Waals surface area contributed by atoms with Crippen LogP contribution in [0.1, 0.15) is 12.0 Å². The Morgan fingerprint density at radius 1 is 1.53 bits per heavy atom. The fourth-order valence-electron chi connectivity index (χ4n) is 1.88. The van der Waals surface area contributed by atoms with Crippen LogP contribution in [0, 0.1) is 17.1 Å². The number of rotatable bonds is 1. The van der Waals surface area contributed by atoms with E-state index in [9.17, 15) is 4.39 Å². The van der Waals surface area contributed by atoms with E-state index in [2.05, 4.69) is 0 Å². The molecule has 1 heterocycles. The first kappa shape index (κ1) is 9.94. The summed E-state index contributed by atoms with van der Waals surface area (Å²) in [6, 6.07) is 6.44. The van der Waals surface area contributed by atoms with E-state index in [1.54, 1.807) is 6.07 Å². The Morgan fingerprint density at radius 2 is 2.33 bits per heavy atom. The molecule has 0 aromatic heterocycles. The molecule has 3 nitrogen and oxygen atoms in total. The first-order valence-corrected chi connectivity index (χ1v) is 4.91. The molecule has 0 amide bonds. The summed E-state index contributed by atoms with van der Waals surface area (Å²) in [6.07, 6.45) is 0.919. The van der Waals surface area contributed by atoms with Crippen molar-refractivity contribution >= 4 is 5.69 Å². The number of nitrogens with two attached hydrogens (primary N) is 1. The van der Waals surface area contributed by atoms with E-state index in [1.807, 2.05) is 11.0 Å². The van der Waals surface area contributed by atoms with Crippen molar-refractivity contribution < 1.29 is 4.39 Å². The van der Waals surface area contributed by atoms with Crippen LogP contribution in [0.2, 0.25) is 0 Å². The quantitative estimate of drug-likeness (QED) is 0.750. The maximum Gasteiger partial charge on any atom is 0.124 e. The second-order valence-corrected chi connectivity index (χ2v) is 3.77. The van der Waals surface area contributed by atoms with Gasteiger partial charge >= 0.3 is 0 Å². The van der Waals surface area contributed by atoms with Crippen LogP contribution in [0.4, 0.5) is 10.1 Å². The van der Waals surface area contributed by atoms with Crippen molar-refractivity contribution in [1.82, 2.24) is 0 Å². The van der Waals surface area contributed by atoms with E-state index in [0.29, 0.717) is 5.56 Å². The first-order valence-electron chi connectivity index (χ1n) is 4.91. The summed E-state index contributed by atoms with van der Waals surface area (Å²) in [5.41, 5.74) is 6.95. The second kappa shape index (κ2) is 3.87. The molecule has 1 aromatic rings. The van der Waals surface area contributed by atoms with Gasteiger partial charge in [0.05, 0.1) is 11.3 Å². The Morgan fingerprint density at radius 3 is 2.93 bits per heavy atom. The molecule has 0 spiro atoms. The molecule has 0 saturated carbocycles. The first-order chi connectivity index (χ1) is 7.20. The number of hydrogen-bond acceptors (Lipinski definition) is 3. The zero-order chi connectivity index (χ0) is 10.8. The highest BCUT2D eigenvalue weighted by atomic mass is 19.1. The second-order valence-electron chi connectivity index (χ2n) is 3.77. The summed E-state index contributed by atoms with van der Waals surface area (Å²) >= 11 is 0. The average molecular weight is 205 g/mol. The molecule has 0 bridgehead atoms. The molecule has 15 heavy (non-hydrogen) atoms. The van der Waals surface area contributed by atoms with Gasteiger partial charge in [0, 0.05) is 19.1 Å². The molecular weight excluding hydrogens is 193 g/mol. The highest BCUT2D eigenvalue weighted by Crippen LogP contribution is 2.24. The van der Waals surface area contributed by atoms with Crippen LogP contribution in [0.5, 0.6) is 0 Å². The number of benzene rings is 1. The Bertz CT molecular complexity index is 411. The van der Waals surface area contributed by atoms with E-state index in [1.165, 1.54) is 12.1 Å². The van der Waals surface area contributed by atoms with Crippen molar-refractivity contribution in [1.29, 1.82) is 5.26 Å². The Kier molecular flexibility index (Phi) is 2.57. The predicted octanol–water partition coefficient (Wildman–Crippen LogP) is 1.23. The summed E-state index contributed by atoms with van der Waals surface area (Å²) < 4.78 is 12.9. The van der Waals surface area contributed by atoms with E-state index in [0.717, 1.165) is 25.2 Å². The minimum absolute atomic E-state index is 0.154. The molecule has 1 fully saturated rings. The maximum atomic E-state index is 12.9. The Hall–Kier alpha value is -1.60. The highest BCUT2D eigenvalue weighted by Gasteiger charge is 2.21. The van der Waals surface area contributed by atoms with E-state index in [-0.39, 0.29) is 11.9 Å². The van der Waals surface area contributed by atoms with Crippen molar-refractivity contribution in [3.8, 4) is 6.07 Å². The van der Waals surface area contributed by atoms with Gasteiger partial charge in [0.15, 0.2) is 0 Å². The standard InChI is InChI=1S/C11H12FN3/c12-9-1-2-11(8(5-9)6-13)15-4-3-10(14)7-15/h1-2,5,10H,3-4,7,14H2/t10-/m1/s1. The molecular formula is C11H12FN3. The van der Waals surface area contributed by atoms with Gasteiger partial charge in [-0.3, -0.25) is 0 Å². The van der Waals surface area contributed by atoms with Crippen molar-refractivity contribution in [3.05, 3.63) is 29.6 Å². The van der Waals surface area contributed by atoms with Gasteiger partial charge in [-0.25, -0.2) is 4.39 Å². The summed E-state index contributed by atoms with van der Waals surface area (Å²) in [5, 5.41) is 8.89. The smallest absolute Gasteiger partial charge is 0.124 e. The van der Waals surface area contributed by atoms with E-state index in [4.69, 9.17) is 11.0 Å². The van der Waals surface area contributed by atoms with Gasteiger partial charge in [-0.2, -0.15) is 5.26 Å². The molecule has 4 heteroatoms. The number of anilines is 1. The van der Waals surface area contributed by atoms with Gasteiger partial charge in [-0.1, -0.05) is 0 Å². The summed E-state index contributed by atoms with van der Waals surface area (Å²) in [7, 11) is 0. The minimum Gasteiger partial charge on any atom is -0.369 e. The molecule has 2 rings (SSSR count). The van der Waals surface area contributed by atoms with Gasteiger partial charge in [-0.05, 0) is 24.6 Å². The van der Waals surface area contributed by atoms with Crippen LogP contribution in [0.3, 0.4) is 0 Å². The molecule has 2 N–H and O–H groups in total. The fourth-order valence-corrected chi connectivity index (χ4v) is 1.88. The lowest BCUT2D eigenvalue weighted by Crippen LogP contribution is -2.26. The van der Waals surface area contributed by atoms with Crippen molar-refractivity contribution in [2.45, 2.75) is 12.5 Å². The van der Waals surface area contributed by atoms with Crippen molar-refractivity contribution in [2.24, 2.45) is 5.73 Å². The molecule has 1 atom stereocenters. The van der Waals surface area contributed by atoms with Gasteiger partial charge in [0.2, 0.25) is 0 Å². The summed E-state index contributed by atoms with van der Waals surface area (Å²) in [5.74, 6) is -0.376. The third kappa shape index (κ3) is 1.92. The van der Waals surface area contributed by atoms with Gasteiger partial charge < -0.3 is 10.6 Å². The molecule has 0 radical (unpaired) electrons. The lowest BCUT2D eigenvalue weighted by Gasteiger charge is -2.19. The topological polar surface area (TPSA) is 53.0 Å². The fraction of sp³-hybridized carbons (Fsp3) is 0.364. The zero-order valence-corrected chi connectivity index (χ0v) is 8.28. The molecule has 0 aliphatic carbocycles. The molecule has 0 unspecified atom stereocenters. The largest absolute Gasteiger partial charge is 0.369 e. The van der Waals surface area contributed by atoms with Gasteiger partial charge in [0.1, 0.15) is 11.9 Å². The third-order valence-electron chi connectivity index (χ3n) is 2.64. The van der Waals surface area contributed by atoms with Crippen molar-refractivity contribution in [2.75, 3.05) is 18.0 Å². The molecule has 1 aliphatic rings. The zero-order valence-electron chi connectivity index (χ0n) is 8.28. The van der Waals surface area contributed by atoms with Gasteiger partial charge in [0.25, 0.3) is 0 Å². The number of nitriles is 1. The van der Waals surface area contributed by atoms with Crippen LogP contribution in [-0.4, -0.2) is 19.1 Å². The Labute approximate surface area is 87.9 Å². The lowest BCUT2D eigenvalue weighted by atomic mass is 10.1. The average Bonchev–Trinajstić information content (AvgIpc) is 2.64. The van der Waals surface area contributed by atoms with Crippen LogP contribution in [0.25, 0.3) is 0 Å². The van der Waals surface area contributed by atoms with E-state index < -0.39 is 0 Å². The van der Waals surface area contributed by atoms with Crippen LogP contribution in [-0.2, 0) is 0 Å². The third-order valence-corrected chi connectivity index (χ3v) is 2.64. The van der Waals surface area contributed by atoms with Crippen molar-refractivity contribution in [3.63, 3.8) is 0 Å². The Balaban J connectivity index is 2.32. The molecule has 1 saturated heterocycles. The highest BCUT2D eigenvalue weighted by molar-refractivity contribution is 5.60. The number of nitrogens with zero attached hydrogens (tertiary/aromatic N) is 2. The minimum atomic E-state index is -0.376. The molecule has 1 aromatic carbocycles. The summed E-state index contributed by atoms with van der Waals surface area (Å²) in [6.45, 7) is 1.57. The maximum absolute atomic E-state index is 12.9. The number of halogens is 1. The SMILES string of the molecule is N#Cc1cc(F)ccc1N1CC[C@@H](N)C1. The van der Waals surface area contributed by atoms with E-state index >= 15 is 0 Å². The van der Waals surface area contributed by atoms with Crippen LogP contribution >= 0.6 is 0 Å². The lowest BCUT2D eigenvalue weighted by molar-refractivity contribution is 0.627. The van der Waals surface area contributed by atoms with Gasteiger partial charge in [-0.15, -0.1) is 0 Å². The molecule has 1 aliphatic heterocycles. The van der Waals surface area contributed by atoms with Crippen LogP contribution in [0.15, 0.2) is 18.2 Å². The monoisotopic (exact) mass is 205 g/mol. The van der Waals surface area contributed by atoms with Crippen LogP contribution < -0.4 is 10.6 Å². The molecule has 78 valence electrons. The number of hydrogen-bond donors (Lipinski definition) is 1. The predicted molar refractivity (Wildman–Crippen MR) is 55.9 cm³/mol. The normalized spacial score (nSPS) is 20.3.